The molecule has 8 heteroatoms. The van der Waals surface area contributed by atoms with Crippen LogP contribution in [0.2, 0.25) is 0 Å². The van der Waals surface area contributed by atoms with Gasteiger partial charge in [0.2, 0.25) is 0 Å². The van der Waals surface area contributed by atoms with E-state index >= 15 is 0 Å². The van der Waals surface area contributed by atoms with Gasteiger partial charge in [0, 0.05) is 24.6 Å². The maximum absolute atomic E-state index is 13.4. The third kappa shape index (κ3) is 5.11. The molecule has 1 amide bonds. The molecule has 0 aliphatic heterocycles. The van der Waals surface area contributed by atoms with Crippen LogP contribution in [0.5, 0.6) is 5.75 Å². The standard InChI is InChI=1S/C23H20F2N4O2/c1-31-22-16(23(30)29-13-15-3-2-10-28-12-15)6-9-20(27)21(22)19(26)8-5-14-4-7-17(24)18(25)11-14/h2-12,26H,13,27H2,1H3,(H,29,30)/b8-5+,26-19?. The van der Waals surface area contributed by atoms with E-state index in [1.165, 1.54) is 37.5 Å². The predicted molar refractivity (Wildman–Crippen MR) is 115 cm³/mol. The highest BCUT2D eigenvalue weighted by atomic mass is 19.2. The minimum atomic E-state index is -0.988. The van der Waals surface area contributed by atoms with Crippen LogP contribution in [0, 0.1) is 17.0 Å². The van der Waals surface area contributed by atoms with Crippen LogP contribution in [0.15, 0.2) is 60.9 Å². The lowest BCUT2D eigenvalue weighted by Gasteiger charge is -2.15. The minimum absolute atomic E-state index is 0.0546. The molecule has 0 saturated carbocycles. The lowest BCUT2D eigenvalue weighted by atomic mass is 10.0. The van der Waals surface area contributed by atoms with Crippen LogP contribution in [0.25, 0.3) is 6.08 Å². The number of pyridine rings is 1. The molecule has 0 saturated heterocycles. The molecule has 0 radical (unpaired) electrons. The van der Waals surface area contributed by atoms with Crippen LogP contribution in [0.3, 0.4) is 0 Å². The van der Waals surface area contributed by atoms with E-state index in [1.54, 1.807) is 18.5 Å². The van der Waals surface area contributed by atoms with E-state index in [0.29, 0.717) is 5.56 Å². The lowest BCUT2D eigenvalue weighted by molar-refractivity contribution is 0.0948. The summed E-state index contributed by atoms with van der Waals surface area (Å²) in [5.74, 6) is -2.20. The average Bonchev–Trinajstić information content (AvgIpc) is 2.78. The average molecular weight is 422 g/mol. The molecule has 0 spiro atoms. The van der Waals surface area contributed by atoms with Gasteiger partial charge in [0.25, 0.3) is 5.91 Å². The zero-order valence-electron chi connectivity index (χ0n) is 16.7. The molecule has 6 nitrogen and oxygen atoms in total. The normalized spacial score (nSPS) is 10.8. The third-order valence-corrected chi connectivity index (χ3v) is 4.47. The van der Waals surface area contributed by atoms with E-state index < -0.39 is 17.5 Å². The first kappa shape index (κ1) is 21.6. The molecule has 3 aromatic rings. The zero-order valence-corrected chi connectivity index (χ0v) is 16.7. The molecular formula is C23H20F2N4O2. The Kier molecular flexibility index (Phi) is 6.71. The van der Waals surface area contributed by atoms with Gasteiger partial charge in [-0.1, -0.05) is 18.2 Å². The van der Waals surface area contributed by atoms with Crippen molar-refractivity contribution in [3.05, 3.63) is 94.8 Å². The first-order chi connectivity index (χ1) is 14.9. The minimum Gasteiger partial charge on any atom is -0.495 e. The topological polar surface area (TPSA) is 101 Å². The number of aromatic nitrogens is 1. The Morgan fingerprint density at radius 3 is 2.71 bits per heavy atom. The van der Waals surface area contributed by atoms with Crippen molar-refractivity contribution < 1.29 is 18.3 Å². The molecule has 158 valence electrons. The number of anilines is 1. The summed E-state index contributed by atoms with van der Waals surface area (Å²) in [6.45, 7) is 0.267. The number of nitrogens with two attached hydrogens (primary N) is 1. The molecule has 3 rings (SSSR count). The molecule has 0 bridgehead atoms. The van der Waals surface area contributed by atoms with Gasteiger partial charge in [-0.15, -0.1) is 0 Å². The molecule has 1 heterocycles. The number of ether oxygens (including phenoxy) is 1. The Labute approximate surface area is 177 Å². The molecule has 0 aliphatic rings. The van der Waals surface area contributed by atoms with Crippen molar-refractivity contribution in [3.8, 4) is 5.75 Å². The van der Waals surface area contributed by atoms with Gasteiger partial charge in [0.15, 0.2) is 11.6 Å². The molecule has 2 aromatic carbocycles. The zero-order chi connectivity index (χ0) is 22.4. The predicted octanol–water partition coefficient (Wildman–Crippen LogP) is 3.96. The number of carbonyl (C=O) groups is 1. The largest absolute Gasteiger partial charge is 0.495 e. The number of hydrogen-bond donors (Lipinski definition) is 3. The molecule has 0 atom stereocenters. The van der Waals surface area contributed by atoms with Gasteiger partial charge in [0.05, 0.1) is 23.9 Å². The van der Waals surface area contributed by atoms with E-state index in [1.807, 2.05) is 6.07 Å². The fraction of sp³-hybridized carbons (Fsp3) is 0.0870. The van der Waals surface area contributed by atoms with Crippen LogP contribution in [-0.2, 0) is 6.54 Å². The van der Waals surface area contributed by atoms with E-state index in [-0.39, 0.29) is 34.8 Å². The van der Waals surface area contributed by atoms with Crippen LogP contribution in [0.1, 0.15) is 27.0 Å². The SMILES string of the molecule is COc1c(C(=O)NCc2cccnc2)ccc(N)c1C(=N)/C=C/c1ccc(F)c(F)c1. The highest BCUT2D eigenvalue weighted by molar-refractivity contribution is 6.15. The number of rotatable bonds is 7. The summed E-state index contributed by atoms with van der Waals surface area (Å²) >= 11 is 0. The monoisotopic (exact) mass is 422 g/mol. The summed E-state index contributed by atoms with van der Waals surface area (Å²) in [5, 5.41) is 11.2. The van der Waals surface area contributed by atoms with Crippen molar-refractivity contribution in [1.82, 2.24) is 10.3 Å². The fourth-order valence-corrected chi connectivity index (χ4v) is 2.93. The highest BCUT2D eigenvalue weighted by Crippen LogP contribution is 2.30. The number of benzene rings is 2. The molecule has 4 N–H and O–H groups in total. The van der Waals surface area contributed by atoms with Crippen molar-refractivity contribution in [2.75, 3.05) is 12.8 Å². The second-order valence-electron chi connectivity index (χ2n) is 6.58. The van der Waals surface area contributed by atoms with E-state index in [0.717, 1.165) is 17.7 Å². The van der Waals surface area contributed by atoms with Crippen molar-refractivity contribution >= 4 is 23.4 Å². The smallest absolute Gasteiger partial charge is 0.255 e. The van der Waals surface area contributed by atoms with E-state index in [9.17, 15) is 13.6 Å². The van der Waals surface area contributed by atoms with Gasteiger partial charge in [-0.2, -0.15) is 0 Å². The number of amides is 1. The lowest BCUT2D eigenvalue weighted by Crippen LogP contribution is -2.24. The Morgan fingerprint density at radius 1 is 1.23 bits per heavy atom. The number of allylic oxidation sites excluding steroid dienone is 1. The number of methoxy groups -OCH3 is 1. The number of hydrogen-bond acceptors (Lipinski definition) is 5. The Hall–Kier alpha value is -4.07. The third-order valence-electron chi connectivity index (χ3n) is 4.47. The van der Waals surface area contributed by atoms with Crippen molar-refractivity contribution in [3.63, 3.8) is 0 Å². The fourth-order valence-electron chi connectivity index (χ4n) is 2.93. The second-order valence-corrected chi connectivity index (χ2v) is 6.58. The Balaban J connectivity index is 1.86. The summed E-state index contributed by atoms with van der Waals surface area (Å²) in [4.78, 5) is 16.7. The first-order valence-electron chi connectivity index (χ1n) is 9.26. The van der Waals surface area contributed by atoms with Crippen molar-refractivity contribution in [2.24, 2.45) is 0 Å². The van der Waals surface area contributed by atoms with Crippen LogP contribution in [0.4, 0.5) is 14.5 Å². The molecule has 1 aromatic heterocycles. The quantitative estimate of drug-likeness (QED) is 0.396. The number of carbonyl (C=O) groups excluding carboxylic acids is 1. The first-order valence-corrected chi connectivity index (χ1v) is 9.26. The molecular weight excluding hydrogens is 402 g/mol. The van der Waals surface area contributed by atoms with Gasteiger partial charge in [-0.25, -0.2) is 8.78 Å². The molecule has 0 unspecified atom stereocenters. The summed E-state index contributed by atoms with van der Waals surface area (Å²) in [5.41, 5.74) is 7.84. The van der Waals surface area contributed by atoms with Crippen molar-refractivity contribution in [2.45, 2.75) is 6.54 Å². The Bertz CT molecular complexity index is 1150. The van der Waals surface area contributed by atoms with Gasteiger partial charge in [-0.05, 0) is 47.5 Å². The number of nitrogen functional groups attached to an aromatic ring is 1. The number of halogens is 2. The summed E-state index contributed by atoms with van der Waals surface area (Å²) in [7, 11) is 1.38. The van der Waals surface area contributed by atoms with Gasteiger partial charge < -0.3 is 21.2 Å². The molecule has 0 aliphatic carbocycles. The maximum Gasteiger partial charge on any atom is 0.255 e. The van der Waals surface area contributed by atoms with E-state index in [2.05, 4.69) is 10.3 Å². The van der Waals surface area contributed by atoms with Gasteiger partial charge >= 0.3 is 0 Å². The second kappa shape index (κ2) is 9.62. The number of nitrogens with one attached hydrogen (secondary N) is 2. The molecule has 0 fully saturated rings. The Morgan fingerprint density at radius 2 is 2.03 bits per heavy atom. The van der Waals surface area contributed by atoms with Gasteiger partial charge in [-0.3, -0.25) is 9.78 Å². The van der Waals surface area contributed by atoms with Crippen molar-refractivity contribution in [1.29, 1.82) is 5.41 Å². The highest BCUT2D eigenvalue weighted by Gasteiger charge is 2.20. The molecule has 31 heavy (non-hydrogen) atoms. The summed E-state index contributed by atoms with van der Waals surface area (Å²) < 4.78 is 31.9. The van der Waals surface area contributed by atoms with Crippen LogP contribution < -0.4 is 15.8 Å². The van der Waals surface area contributed by atoms with Crippen LogP contribution in [-0.4, -0.2) is 23.7 Å². The van der Waals surface area contributed by atoms with Crippen LogP contribution >= 0.6 is 0 Å². The number of nitrogens with zero attached hydrogens (tertiary/aromatic N) is 1. The van der Waals surface area contributed by atoms with Gasteiger partial charge in [0.1, 0.15) is 5.75 Å². The summed E-state index contributed by atoms with van der Waals surface area (Å²) in [6.07, 6.45) is 6.10. The van der Waals surface area contributed by atoms with E-state index in [4.69, 9.17) is 15.9 Å². The summed E-state index contributed by atoms with van der Waals surface area (Å²) in [6, 6.07) is 10.0. The maximum atomic E-state index is 13.4.